The van der Waals surface area contributed by atoms with Crippen LogP contribution in [0.15, 0.2) is 18.5 Å². The van der Waals surface area contributed by atoms with E-state index in [9.17, 15) is 8.42 Å². The average Bonchev–Trinajstić information content (AvgIpc) is 2.70. The first kappa shape index (κ1) is 15.9. The fourth-order valence-electron chi connectivity index (χ4n) is 2.36. The minimum atomic E-state index is -3.40. The SMILES string of the molecule is NCCC1CCCN(S(=O)(=O)c2cc(Br)sc2Br)C1. The van der Waals surface area contributed by atoms with E-state index in [1.165, 1.54) is 11.3 Å². The van der Waals surface area contributed by atoms with Crippen LogP contribution in [0.25, 0.3) is 0 Å². The molecule has 0 spiro atoms. The molecule has 0 saturated carbocycles. The van der Waals surface area contributed by atoms with Crippen molar-refractivity contribution in [2.24, 2.45) is 11.7 Å². The van der Waals surface area contributed by atoms with Crippen molar-refractivity contribution in [3.63, 3.8) is 0 Å². The number of thiophene rings is 1. The Morgan fingerprint density at radius 3 is 2.79 bits per heavy atom. The topological polar surface area (TPSA) is 63.4 Å². The summed E-state index contributed by atoms with van der Waals surface area (Å²) in [6.45, 7) is 1.80. The molecule has 1 aliphatic heterocycles. The number of hydrogen-bond acceptors (Lipinski definition) is 4. The molecular formula is C11H16Br2N2O2S2. The van der Waals surface area contributed by atoms with Crippen LogP contribution in [-0.2, 0) is 10.0 Å². The summed E-state index contributed by atoms with van der Waals surface area (Å²) in [5, 5.41) is 0. The molecule has 1 saturated heterocycles. The average molecular weight is 432 g/mol. The molecule has 1 atom stereocenters. The molecular weight excluding hydrogens is 416 g/mol. The zero-order valence-electron chi connectivity index (χ0n) is 10.3. The van der Waals surface area contributed by atoms with E-state index >= 15 is 0 Å². The number of piperidine rings is 1. The van der Waals surface area contributed by atoms with Crippen LogP contribution in [0.1, 0.15) is 19.3 Å². The molecule has 4 nitrogen and oxygen atoms in total. The van der Waals surface area contributed by atoms with Gasteiger partial charge in [-0.2, -0.15) is 4.31 Å². The Hall–Kier alpha value is 0.530. The fourth-order valence-corrected chi connectivity index (χ4v) is 7.67. The van der Waals surface area contributed by atoms with Gasteiger partial charge in [0.15, 0.2) is 0 Å². The summed E-state index contributed by atoms with van der Waals surface area (Å²) >= 11 is 8.03. The molecule has 0 aliphatic carbocycles. The van der Waals surface area contributed by atoms with Gasteiger partial charge in [0.25, 0.3) is 0 Å². The molecule has 1 unspecified atom stereocenters. The highest BCUT2D eigenvalue weighted by Crippen LogP contribution is 2.37. The Morgan fingerprint density at radius 1 is 1.47 bits per heavy atom. The van der Waals surface area contributed by atoms with Crippen LogP contribution in [0.3, 0.4) is 0 Å². The number of nitrogens with two attached hydrogens (primary N) is 1. The number of halogens is 2. The number of rotatable bonds is 4. The van der Waals surface area contributed by atoms with Crippen molar-refractivity contribution in [2.75, 3.05) is 19.6 Å². The summed E-state index contributed by atoms with van der Waals surface area (Å²) in [5.74, 6) is 0.384. The minimum Gasteiger partial charge on any atom is -0.330 e. The third kappa shape index (κ3) is 3.59. The fraction of sp³-hybridized carbons (Fsp3) is 0.636. The Kier molecular flexibility index (Phi) is 5.47. The van der Waals surface area contributed by atoms with Crippen LogP contribution < -0.4 is 5.73 Å². The van der Waals surface area contributed by atoms with Gasteiger partial charge in [0.2, 0.25) is 10.0 Å². The molecule has 0 radical (unpaired) electrons. The first-order chi connectivity index (χ1) is 8.95. The summed E-state index contributed by atoms with van der Waals surface area (Å²) in [7, 11) is -3.40. The molecule has 0 amide bonds. The van der Waals surface area contributed by atoms with E-state index in [4.69, 9.17) is 5.73 Å². The number of nitrogens with zero attached hydrogens (tertiary/aromatic N) is 1. The molecule has 108 valence electrons. The second kappa shape index (κ2) is 6.53. The van der Waals surface area contributed by atoms with Crippen molar-refractivity contribution in [2.45, 2.75) is 24.2 Å². The summed E-state index contributed by atoms with van der Waals surface area (Å²) in [6.07, 6.45) is 2.87. The maximum atomic E-state index is 12.6. The van der Waals surface area contributed by atoms with Crippen LogP contribution in [0, 0.1) is 5.92 Å². The van der Waals surface area contributed by atoms with Gasteiger partial charge in [-0.1, -0.05) is 0 Å². The Morgan fingerprint density at radius 2 is 2.21 bits per heavy atom. The maximum absolute atomic E-state index is 12.6. The van der Waals surface area contributed by atoms with Gasteiger partial charge in [0.05, 0.1) is 7.57 Å². The molecule has 1 aromatic rings. The van der Waals surface area contributed by atoms with E-state index in [0.29, 0.717) is 34.2 Å². The molecule has 0 bridgehead atoms. The lowest BCUT2D eigenvalue weighted by Crippen LogP contribution is -2.40. The first-order valence-corrected chi connectivity index (χ1v) is 9.94. The van der Waals surface area contributed by atoms with Crippen LogP contribution in [0.2, 0.25) is 0 Å². The standard InChI is InChI=1S/C11H16Br2N2O2S2/c12-10-6-9(11(13)18-10)19(16,17)15-5-1-2-8(7-15)3-4-14/h6,8H,1-5,7,14H2. The van der Waals surface area contributed by atoms with E-state index in [1.54, 1.807) is 10.4 Å². The van der Waals surface area contributed by atoms with Gasteiger partial charge in [-0.3, -0.25) is 0 Å². The summed E-state index contributed by atoms with van der Waals surface area (Å²) in [5.41, 5.74) is 5.57. The molecule has 2 heterocycles. The zero-order chi connectivity index (χ0) is 14.0. The van der Waals surface area contributed by atoms with Gasteiger partial charge in [-0.15, -0.1) is 11.3 Å². The van der Waals surface area contributed by atoms with Crippen molar-refractivity contribution in [3.8, 4) is 0 Å². The predicted molar refractivity (Wildman–Crippen MR) is 84.9 cm³/mol. The third-order valence-corrected chi connectivity index (χ3v) is 7.92. The van der Waals surface area contributed by atoms with Gasteiger partial charge < -0.3 is 5.73 Å². The molecule has 0 aromatic carbocycles. The van der Waals surface area contributed by atoms with Crippen molar-refractivity contribution in [1.82, 2.24) is 4.31 Å². The molecule has 19 heavy (non-hydrogen) atoms. The van der Waals surface area contributed by atoms with Crippen LogP contribution in [-0.4, -0.2) is 32.4 Å². The second-order valence-corrected chi connectivity index (χ2v) is 10.3. The van der Waals surface area contributed by atoms with Crippen molar-refractivity contribution >= 4 is 53.2 Å². The summed E-state index contributed by atoms with van der Waals surface area (Å²) in [4.78, 5) is 0.359. The first-order valence-electron chi connectivity index (χ1n) is 6.10. The number of sulfonamides is 1. The van der Waals surface area contributed by atoms with Crippen LogP contribution >= 0.6 is 43.2 Å². The number of hydrogen-bond donors (Lipinski definition) is 1. The molecule has 2 rings (SSSR count). The molecule has 1 aliphatic rings. The van der Waals surface area contributed by atoms with Gasteiger partial charge >= 0.3 is 0 Å². The summed E-state index contributed by atoms with van der Waals surface area (Å²) in [6, 6.07) is 1.66. The molecule has 1 aromatic heterocycles. The largest absolute Gasteiger partial charge is 0.330 e. The Balaban J connectivity index is 2.22. The molecule has 2 N–H and O–H groups in total. The summed E-state index contributed by atoms with van der Waals surface area (Å²) < 4.78 is 28.3. The van der Waals surface area contributed by atoms with E-state index in [-0.39, 0.29) is 0 Å². The lowest BCUT2D eigenvalue weighted by atomic mass is 9.96. The van der Waals surface area contributed by atoms with Crippen LogP contribution in [0.5, 0.6) is 0 Å². The van der Waals surface area contributed by atoms with Gasteiger partial charge in [0.1, 0.15) is 4.90 Å². The van der Waals surface area contributed by atoms with E-state index < -0.39 is 10.0 Å². The van der Waals surface area contributed by atoms with Crippen LogP contribution in [0.4, 0.5) is 0 Å². The Bertz CT molecular complexity index is 543. The van der Waals surface area contributed by atoms with Crippen molar-refractivity contribution in [1.29, 1.82) is 0 Å². The van der Waals surface area contributed by atoms with E-state index in [1.807, 2.05) is 0 Å². The highest BCUT2D eigenvalue weighted by molar-refractivity contribution is 9.12. The lowest BCUT2D eigenvalue weighted by Gasteiger charge is -2.31. The highest BCUT2D eigenvalue weighted by Gasteiger charge is 2.32. The second-order valence-electron chi connectivity index (χ2n) is 4.64. The zero-order valence-corrected chi connectivity index (χ0v) is 15.1. The normalized spacial score (nSPS) is 21.7. The highest BCUT2D eigenvalue weighted by atomic mass is 79.9. The maximum Gasteiger partial charge on any atom is 0.245 e. The molecule has 8 heteroatoms. The molecule has 1 fully saturated rings. The van der Waals surface area contributed by atoms with Crippen molar-refractivity contribution < 1.29 is 8.42 Å². The van der Waals surface area contributed by atoms with E-state index in [0.717, 1.165) is 23.0 Å². The monoisotopic (exact) mass is 430 g/mol. The Labute approximate surface area is 134 Å². The minimum absolute atomic E-state index is 0.359. The quantitative estimate of drug-likeness (QED) is 0.796. The smallest absolute Gasteiger partial charge is 0.245 e. The van der Waals surface area contributed by atoms with Crippen molar-refractivity contribution in [3.05, 3.63) is 13.6 Å². The van der Waals surface area contributed by atoms with E-state index in [2.05, 4.69) is 31.9 Å². The van der Waals surface area contributed by atoms with Gasteiger partial charge in [0, 0.05) is 13.1 Å². The lowest BCUT2D eigenvalue weighted by molar-refractivity contribution is 0.258. The predicted octanol–water partition coefficient (Wildman–Crippen LogP) is 3.02. The van der Waals surface area contributed by atoms with Gasteiger partial charge in [-0.25, -0.2) is 8.42 Å². The third-order valence-electron chi connectivity index (χ3n) is 3.30. The van der Waals surface area contributed by atoms with Gasteiger partial charge in [-0.05, 0) is 69.7 Å².